The monoisotopic (exact) mass is 448 g/mol. The highest BCUT2D eigenvalue weighted by atomic mass is 16.6. The van der Waals surface area contributed by atoms with Gasteiger partial charge in [0.2, 0.25) is 0 Å². The number of nitrogens with zero attached hydrogens (tertiary/aromatic N) is 1. The number of Topliss-reactive ketones (excluding diaryl/α,β-unsaturated/α-hetero) is 1. The van der Waals surface area contributed by atoms with E-state index in [1.807, 2.05) is 0 Å². The number of esters is 1. The summed E-state index contributed by atoms with van der Waals surface area (Å²) < 4.78 is 10.7. The standard InChI is InChI=1S/C25H24N2O6/c1-15-22(25(29)33-14-16-10-12-17(32-2)13-11-16)23(18-6-3-4-8-20(18)27(30)31)24-19(26-15)7-5-9-21(24)28/h3-4,6,8,10-13,22-23,26H,1,5,7,9,14H2,2H3. The van der Waals surface area contributed by atoms with Gasteiger partial charge in [-0.2, -0.15) is 0 Å². The van der Waals surface area contributed by atoms with Crippen molar-refractivity contribution in [1.29, 1.82) is 0 Å². The van der Waals surface area contributed by atoms with E-state index >= 15 is 0 Å². The molecule has 1 N–H and O–H groups in total. The van der Waals surface area contributed by atoms with Crippen molar-refractivity contribution < 1.29 is 24.0 Å². The van der Waals surface area contributed by atoms with E-state index < -0.39 is 22.7 Å². The van der Waals surface area contributed by atoms with Crippen molar-refractivity contribution in [2.45, 2.75) is 31.8 Å². The molecule has 0 saturated carbocycles. The number of carbonyl (C=O) groups is 2. The minimum Gasteiger partial charge on any atom is -0.497 e. The Labute approximate surface area is 191 Å². The lowest BCUT2D eigenvalue weighted by atomic mass is 9.71. The fourth-order valence-electron chi connectivity index (χ4n) is 4.49. The average molecular weight is 448 g/mol. The molecule has 0 amide bonds. The molecule has 0 saturated heterocycles. The minimum atomic E-state index is -0.981. The first-order valence-corrected chi connectivity index (χ1v) is 10.7. The van der Waals surface area contributed by atoms with E-state index in [1.165, 1.54) is 6.07 Å². The number of methoxy groups -OCH3 is 1. The van der Waals surface area contributed by atoms with Crippen molar-refractivity contribution in [3.63, 3.8) is 0 Å². The number of allylic oxidation sites excluding steroid dienone is 2. The minimum absolute atomic E-state index is 0.00998. The fourth-order valence-corrected chi connectivity index (χ4v) is 4.49. The van der Waals surface area contributed by atoms with Crippen LogP contribution in [0.25, 0.3) is 0 Å². The van der Waals surface area contributed by atoms with E-state index in [1.54, 1.807) is 49.6 Å². The van der Waals surface area contributed by atoms with Gasteiger partial charge in [0, 0.05) is 40.9 Å². The maximum atomic E-state index is 13.3. The second-order valence-electron chi connectivity index (χ2n) is 8.05. The summed E-state index contributed by atoms with van der Waals surface area (Å²) in [5.41, 5.74) is 2.38. The van der Waals surface area contributed by atoms with Crippen molar-refractivity contribution in [2.75, 3.05) is 7.11 Å². The van der Waals surface area contributed by atoms with Crippen molar-refractivity contribution in [3.05, 3.63) is 93.3 Å². The van der Waals surface area contributed by atoms with Gasteiger partial charge in [-0.15, -0.1) is 0 Å². The van der Waals surface area contributed by atoms with Crippen LogP contribution in [0.4, 0.5) is 5.69 Å². The molecule has 0 bridgehead atoms. The number of ketones is 1. The number of hydrogen-bond donors (Lipinski definition) is 1. The zero-order valence-electron chi connectivity index (χ0n) is 18.2. The quantitative estimate of drug-likeness (QED) is 0.401. The molecule has 1 aliphatic heterocycles. The molecule has 2 atom stereocenters. The van der Waals surface area contributed by atoms with Gasteiger partial charge in [0.25, 0.3) is 5.69 Å². The van der Waals surface area contributed by atoms with Gasteiger partial charge < -0.3 is 14.8 Å². The topological polar surface area (TPSA) is 108 Å². The molecule has 33 heavy (non-hydrogen) atoms. The number of nitro groups is 1. The van der Waals surface area contributed by atoms with Gasteiger partial charge in [-0.3, -0.25) is 19.7 Å². The summed E-state index contributed by atoms with van der Waals surface area (Å²) in [5.74, 6) is -1.86. The number of hydrogen-bond acceptors (Lipinski definition) is 7. The lowest BCUT2D eigenvalue weighted by Crippen LogP contribution is -2.41. The molecule has 1 aliphatic carbocycles. The van der Waals surface area contributed by atoms with E-state index in [2.05, 4.69) is 11.9 Å². The molecular formula is C25H24N2O6. The van der Waals surface area contributed by atoms with Crippen LogP contribution in [-0.4, -0.2) is 23.8 Å². The van der Waals surface area contributed by atoms with E-state index in [4.69, 9.17) is 9.47 Å². The maximum Gasteiger partial charge on any atom is 0.316 e. The van der Waals surface area contributed by atoms with Crippen LogP contribution in [-0.2, 0) is 20.9 Å². The van der Waals surface area contributed by atoms with Crippen molar-refractivity contribution in [2.24, 2.45) is 5.92 Å². The Hall–Kier alpha value is -3.94. The highest BCUT2D eigenvalue weighted by molar-refractivity contribution is 6.00. The number of ether oxygens (including phenoxy) is 2. The van der Waals surface area contributed by atoms with Crippen molar-refractivity contribution in [3.8, 4) is 5.75 Å². The van der Waals surface area contributed by atoms with Gasteiger partial charge in [0.1, 0.15) is 18.3 Å². The largest absolute Gasteiger partial charge is 0.497 e. The number of para-hydroxylation sites is 1. The van der Waals surface area contributed by atoms with Gasteiger partial charge in [-0.25, -0.2) is 0 Å². The lowest BCUT2D eigenvalue weighted by Gasteiger charge is -2.37. The second-order valence-corrected chi connectivity index (χ2v) is 8.05. The van der Waals surface area contributed by atoms with E-state index in [0.717, 1.165) is 5.56 Å². The number of nitro benzene ring substituents is 1. The van der Waals surface area contributed by atoms with Gasteiger partial charge in [-0.05, 0) is 30.5 Å². The van der Waals surface area contributed by atoms with E-state index in [0.29, 0.717) is 47.5 Å². The van der Waals surface area contributed by atoms with Gasteiger partial charge in [-0.1, -0.05) is 36.9 Å². The molecule has 0 spiro atoms. The van der Waals surface area contributed by atoms with Crippen molar-refractivity contribution >= 4 is 17.4 Å². The highest BCUT2D eigenvalue weighted by Crippen LogP contribution is 2.46. The Morgan fingerprint density at radius 3 is 2.61 bits per heavy atom. The predicted octanol–water partition coefficient (Wildman–Crippen LogP) is 4.17. The molecular weight excluding hydrogens is 424 g/mol. The molecule has 2 aromatic rings. The molecule has 8 nitrogen and oxygen atoms in total. The van der Waals surface area contributed by atoms with E-state index in [9.17, 15) is 19.7 Å². The summed E-state index contributed by atoms with van der Waals surface area (Å²) >= 11 is 0. The molecule has 170 valence electrons. The van der Waals surface area contributed by atoms with Gasteiger partial charge in [0.15, 0.2) is 5.78 Å². The maximum absolute atomic E-state index is 13.3. The molecule has 4 rings (SSSR count). The average Bonchev–Trinajstić information content (AvgIpc) is 2.82. The van der Waals surface area contributed by atoms with Crippen LogP contribution in [0.5, 0.6) is 5.75 Å². The third-order valence-corrected chi connectivity index (χ3v) is 6.05. The van der Waals surface area contributed by atoms with Gasteiger partial charge in [0.05, 0.1) is 12.0 Å². The number of nitrogens with one attached hydrogen (secondary N) is 1. The molecule has 1 heterocycles. The van der Waals surface area contributed by atoms with Crippen LogP contribution in [0, 0.1) is 16.0 Å². The van der Waals surface area contributed by atoms with Crippen LogP contribution in [0.1, 0.15) is 36.3 Å². The smallest absolute Gasteiger partial charge is 0.316 e. The molecule has 0 fully saturated rings. The summed E-state index contributed by atoms with van der Waals surface area (Å²) in [6.07, 6.45) is 1.62. The van der Waals surface area contributed by atoms with E-state index in [-0.39, 0.29) is 18.1 Å². The molecule has 2 unspecified atom stereocenters. The van der Waals surface area contributed by atoms with Crippen LogP contribution in [0.3, 0.4) is 0 Å². The summed E-state index contributed by atoms with van der Waals surface area (Å²) in [4.78, 5) is 37.5. The van der Waals surface area contributed by atoms with Crippen LogP contribution in [0.15, 0.2) is 72.1 Å². The first kappa shape index (κ1) is 22.3. The second kappa shape index (κ2) is 9.28. The lowest BCUT2D eigenvalue weighted by molar-refractivity contribution is -0.385. The first-order chi connectivity index (χ1) is 15.9. The molecule has 0 radical (unpaired) electrons. The fraction of sp³-hybridized carbons (Fsp3) is 0.280. The predicted molar refractivity (Wildman–Crippen MR) is 120 cm³/mol. The first-order valence-electron chi connectivity index (χ1n) is 10.7. The Morgan fingerprint density at radius 2 is 1.91 bits per heavy atom. The van der Waals surface area contributed by atoms with Crippen LogP contribution < -0.4 is 10.1 Å². The van der Waals surface area contributed by atoms with Crippen LogP contribution >= 0.6 is 0 Å². The molecule has 8 heteroatoms. The Kier molecular flexibility index (Phi) is 6.26. The molecule has 2 aliphatic rings. The summed E-state index contributed by atoms with van der Waals surface area (Å²) in [5, 5.41) is 14.9. The van der Waals surface area contributed by atoms with Crippen molar-refractivity contribution in [1.82, 2.24) is 5.32 Å². The summed E-state index contributed by atoms with van der Waals surface area (Å²) in [6, 6.07) is 13.3. The molecule has 2 aromatic carbocycles. The van der Waals surface area contributed by atoms with Crippen LogP contribution in [0.2, 0.25) is 0 Å². The number of benzene rings is 2. The summed E-state index contributed by atoms with van der Waals surface area (Å²) in [7, 11) is 1.56. The third-order valence-electron chi connectivity index (χ3n) is 6.05. The third kappa shape index (κ3) is 4.37. The SMILES string of the molecule is C=C1NC2=C(C(=O)CCC2)C(c2ccccc2[N+](=O)[O-])C1C(=O)OCc1ccc(OC)cc1. The zero-order chi connectivity index (χ0) is 23.5. The normalized spacial score (nSPS) is 20.0. The number of rotatable bonds is 6. The highest BCUT2D eigenvalue weighted by Gasteiger charge is 2.46. The van der Waals surface area contributed by atoms with Gasteiger partial charge >= 0.3 is 5.97 Å². The zero-order valence-corrected chi connectivity index (χ0v) is 18.2. The Bertz CT molecular complexity index is 1150. The Morgan fingerprint density at radius 1 is 1.18 bits per heavy atom. The summed E-state index contributed by atoms with van der Waals surface area (Å²) in [6.45, 7) is 4.03. The molecule has 0 aromatic heterocycles. The number of carbonyl (C=O) groups excluding carboxylic acids is 2. The Balaban J connectivity index is 1.71.